The minimum absolute atomic E-state index is 0.0556. The highest BCUT2D eigenvalue weighted by molar-refractivity contribution is 7.89. The van der Waals surface area contributed by atoms with Crippen molar-refractivity contribution in [2.45, 2.75) is 83.8 Å². The molecule has 48 heavy (non-hydrogen) atoms. The van der Waals surface area contributed by atoms with Crippen LogP contribution in [-0.2, 0) is 26.5 Å². The van der Waals surface area contributed by atoms with Crippen molar-refractivity contribution in [3.8, 4) is 0 Å². The summed E-state index contributed by atoms with van der Waals surface area (Å²) in [6, 6.07) is 12.2. The Morgan fingerprint density at radius 1 is 0.854 bits per heavy atom. The van der Waals surface area contributed by atoms with Crippen LogP contribution >= 0.6 is 0 Å². The van der Waals surface area contributed by atoms with E-state index in [0.717, 1.165) is 16.3 Å². The highest BCUT2D eigenvalue weighted by atomic mass is 32.2. The number of nitrogens with one attached hydrogen (secondary N) is 2. The number of aliphatic hydroxyl groups is 1. The Labute approximate surface area is 288 Å². The Morgan fingerprint density at radius 2 is 1.46 bits per heavy atom. The zero-order chi connectivity index (χ0) is 36.1. The molecule has 3 N–H and O–H groups in total. The van der Waals surface area contributed by atoms with Gasteiger partial charge in [0.2, 0.25) is 20.0 Å². The predicted molar refractivity (Wildman–Crippen MR) is 189 cm³/mol. The summed E-state index contributed by atoms with van der Waals surface area (Å²) in [6.07, 6.45) is 1.85. The van der Waals surface area contributed by atoms with E-state index in [0.29, 0.717) is 38.9 Å². The number of carbonyl (C=O) groups excluding carboxylic acids is 2. The number of hydrogen-bond donors (Lipinski definition) is 3. The SMILES string of the molecule is CCCCN(CC(O)C(Cc1ccccc1)NC(=O)c1cc(C(=O)N(CCC)CCC)cc(S(=O)(=O)N(C)C)c1)NS(=O)(=O)CC(C)C. The number of rotatable bonds is 21. The lowest BCUT2D eigenvalue weighted by molar-refractivity contribution is 0.0614. The normalized spacial score (nSPS) is 13.6. The molecule has 0 aliphatic heterocycles. The summed E-state index contributed by atoms with van der Waals surface area (Å²) in [6.45, 7) is 10.6. The molecule has 14 heteroatoms. The van der Waals surface area contributed by atoms with Crippen molar-refractivity contribution in [1.29, 1.82) is 0 Å². The lowest BCUT2D eigenvalue weighted by Gasteiger charge is -2.30. The molecule has 0 aliphatic carbocycles. The number of aliphatic hydroxyl groups excluding tert-OH is 1. The highest BCUT2D eigenvalue weighted by Crippen LogP contribution is 2.21. The summed E-state index contributed by atoms with van der Waals surface area (Å²) < 4.78 is 53.1. The van der Waals surface area contributed by atoms with Gasteiger partial charge in [-0.1, -0.05) is 71.4 Å². The Morgan fingerprint density at radius 3 is 2.00 bits per heavy atom. The largest absolute Gasteiger partial charge is 0.390 e. The second-order valence-corrected chi connectivity index (χ2v) is 16.6. The Bertz CT molecular complexity index is 1530. The molecular formula is C34H55N5O7S2. The van der Waals surface area contributed by atoms with Gasteiger partial charge in [0.1, 0.15) is 0 Å². The van der Waals surface area contributed by atoms with Crippen LogP contribution in [0, 0.1) is 5.92 Å². The standard InChI is InChI=1S/C34H55N5O7S2/c1-8-11-19-39(36-47(43,44)25-26(4)5)24-32(40)31(20-27-15-13-12-14-16-27)35-33(41)28-21-29(34(42)38(17-9-2)18-10-3)23-30(22-28)48(45,46)37(6)7/h12-16,21-23,26,31-32,36,40H,8-11,17-20,24-25H2,1-7H3,(H,35,41). The minimum atomic E-state index is -4.02. The maximum atomic E-state index is 13.9. The summed E-state index contributed by atoms with van der Waals surface area (Å²) in [5, 5.41) is 15.9. The molecule has 2 atom stereocenters. The number of sulfonamides is 2. The third-order valence-corrected chi connectivity index (χ3v) is 11.0. The average molecular weight is 710 g/mol. The Balaban J connectivity index is 2.54. The molecule has 0 spiro atoms. The zero-order valence-electron chi connectivity index (χ0n) is 29.5. The van der Waals surface area contributed by atoms with Gasteiger partial charge < -0.3 is 15.3 Å². The van der Waals surface area contributed by atoms with Crippen LogP contribution < -0.4 is 10.1 Å². The molecule has 270 valence electrons. The van der Waals surface area contributed by atoms with Crippen molar-refractivity contribution in [1.82, 2.24) is 24.4 Å². The number of nitrogens with zero attached hydrogens (tertiary/aromatic N) is 3. The number of amides is 2. The number of hydrazine groups is 1. The molecule has 0 aliphatic rings. The first-order valence-electron chi connectivity index (χ1n) is 16.7. The van der Waals surface area contributed by atoms with Crippen LogP contribution in [0.25, 0.3) is 0 Å². The summed E-state index contributed by atoms with van der Waals surface area (Å²) in [7, 11) is -4.96. The van der Waals surface area contributed by atoms with E-state index in [1.54, 1.807) is 18.7 Å². The number of carbonyl (C=O) groups is 2. The molecule has 2 unspecified atom stereocenters. The van der Waals surface area contributed by atoms with E-state index in [2.05, 4.69) is 10.1 Å². The molecule has 0 bridgehead atoms. The van der Waals surface area contributed by atoms with Gasteiger partial charge in [-0.25, -0.2) is 26.1 Å². The number of hydrogen-bond acceptors (Lipinski definition) is 8. The maximum absolute atomic E-state index is 13.9. The third kappa shape index (κ3) is 12.9. The van der Waals surface area contributed by atoms with Crippen molar-refractivity contribution in [2.24, 2.45) is 5.92 Å². The lowest BCUT2D eigenvalue weighted by atomic mass is 10.00. The average Bonchev–Trinajstić information content (AvgIpc) is 3.02. The van der Waals surface area contributed by atoms with Crippen molar-refractivity contribution < 1.29 is 31.5 Å². The van der Waals surface area contributed by atoms with Gasteiger partial charge in [0.05, 0.1) is 22.8 Å². The van der Waals surface area contributed by atoms with E-state index in [9.17, 15) is 31.5 Å². The molecule has 0 aromatic heterocycles. The fraction of sp³-hybridized carbons (Fsp3) is 0.588. The Kier molecular flexibility index (Phi) is 16.6. The quantitative estimate of drug-likeness (QED) is 0.167. The molecular weight excluding hydrogens is 655 g/mol. The molecule has 2 aromatic carbocycles. The molecule has 0 radical (unpaired) electrons. The number of unbranched alkanes of at least 4 members (excludes halogenated alkanes) is 1. The van der Waals surface area contributed by atoms with Gasteiger partial charge in [-0.05, 0) is 55.4 Å². The van der Waals surface area contributed by atoms with Gasteiger partial charge in [-0.3, -0.25) is 9.59 Å². The molecule has 0 saturated heterocycles. The van der Waals surface area contributed by atoms with Crippen molar-refractivity contribution >= 4 is 31.9 Å². The first-order valence-corrected chi connectivity index (χ1v) is 19.8. The first kappa shape index (κ1) is 41.3. The molecule has 12 nitrogen and oxygen atoms in total. The summed E-state index contributed by atoms with van der Waals surface area (Å²) in [5.74, 6) is -1.26. The second kappa shape index (κ2) is 19.3. The van der Waals surface area contributed by atoms with Crippen LogP contribution in [0.2, 0.25) is 0 Å². The minimum Gasteiger partial charge on any atom is -0.390 e. The fourth-order valence-corrected chi connectivity index (χ4v) is 7.69. The van der Waals surface area contributed by atoms with Gasteiger partial charge in [0.15, 0.2) is 0 Å². The monoisotopic (exact) mass is 709 g/mol. The highest BCUT2D eigenvalue weighted by Gasteiger charge is 2.29. The molecule has 0 heterocycles. The van der Waals surface area contributed by atoms with Crippen molar-refractivity contribution in [3.05, 3.63) is 65.2 Å². The van der Waals surface area contributed by atoms with Crippen LogP contribution in [0.4, 0.5) is 0 Å². The lowest BCUT2D eigenvalue weighted by Crippen LogP contribution is -2.54. The molecule has 2 amide bonds. The summed E-state index contributed by atoms with van der Waals surface area (Å²) in [4.78, 5) is 31.5. The van der Waals surface area contributed by atoms with E-state index in [1.807, 2.05) is 51.1 Å². The van der Waals surface area contributed by atoms with Crippen LogP contribution in [-0.4, -0.2) is 106 Å². The van der Waals surface area contributed by atoms with Gasteiger partial charge in [-0.2, -0.15) is 0 Å². The summed E-state index contributed by atoms with van der Waals surface area (Å²) in [5.41, 5.74) is 0.826. The Hall–Kier alpha value is -2.88. The van der Waals surface area contributed by atoms with E-state index < -0.39 is 38.1 Å². The molecule has 0 saturated carbocycles. The van der Waals surface area contributed by atoms with Crippen LogP contribution in [0.3, 0.4) is 0 Å². The van der Waals surface area contributed by atoms with E-state index >= 15 is 0 Å². The first-order chi connectivity index (χ1) is 22.5. The van der Waals surface area contributed by atoms with Crippen LogP contribution in [0.5, 0.6) is 0 Å². The fourth-order valence-electron chi connectivity index (χ4n) is 5.20. The predicted octanol–water partition coefficient (Wildman–Crippen LogP) is 3.49. The smallest absolute Gasteiger partial charge is 0.253 e. The maximum Gasteiger partial charge on any atom is 0.253 e. The second-order valence-electron chi connectivity index (χ2n) is 12.7. The summed E-state index contributed by atoms with van der Waals surface area (Å²) >= 11 is 0. The van der Waals surface area contributed by atoms with Crippen molar-refractivity contribution in [3.63, 3.8) is 0 Å². The topological polar surface area (TPSA) is 156 Å². The number of benzene rings is 2. The molecule has 2 rings (SSSR count). The van der Waals surface area contributed by atoms with E-state index in [4.69, 9.17) is 0 Å². The van der Waals surface area contributed by atoms with Gasteiger partial charge in [0.25, 0.3) is 11.8 Å². The van der Waals surface area contributed by atoms with Crippen LogP contribution in [0.1, 0.15) is 86.6 Å². The third-order valence-electron chi connectivity index (χ3n) is 7.56. The zero-order valence-corrected chi connectivity index (χ0v) is 31.1. The molecule has 2 aromatic rings. The van der Waals surface area contributed by atoms with Gasteiger partial charge in [0, 0.05) is 51.4 Å². The van der Waals surface area contributed by atoms with E-state index in [1.165, 1.54) is 37.3 Å². The van der Waals surface area contributed by atoms with Gasteiger partial charge >= 0.3 is 0 Å². The van der Waals surface area contributed by atoms with Crippen molar-refractivity contribution in [2.75, 3.05) is 46.0 Å². The molecule has 0 fully saturated rings. The van der Waals surface area contributed by atoms with Gasteiger partial charge in [-0.15, -0.1) is 4.83 Å². The van der Waals surface area contributed by atoms with Crippen LogP contribution in [0.15, 0.2) is 53.4 Å². The van der Waals surface area contributed by atoms with E-state index in [-0.39, 0.29) is 46.6 Å².